The first-order valence-electron chi connectivity index (χ1n) is 12.0. The SMILES string of the molecule is CCOc1ccc(Cl)c(/C(O)=C2\C(=O)C(=O)N(c3ccc(Cl)cc3C)C2c2ccc(C(C)(C)C)cc2)c1. The Balaban J connectivity index is 1.97. The van der Waals surface area contributed by atoms with Gasteiger partial charge in [0.15, 0.2) is 0 Å². The highest BCUT2D eigenvalue weighted by Gasteiger charge is 2.47. The van der Waals surface area contributed by atoms with Crippen molar-refractivity contribution in [3.05, 3.63) is 98.5 Å². The van der Waals surface area contributed by atoms with E-state index in [1.165, 1.54) is 4.90 Å². The van der Waals surface area contributed by atoms with E-state index in [9.17, 15) is 14.7 Å². The van der Waals surface area contributed by atoms with Crippen molar-refractivity contribution in [1.29, 1.82) is 0 Å². The summed E-state index contributed by atoms with van der Waals surface area (Å²) in [5.41, 5.74) is 3.13. The van der Waals surface area contributed by atoms with E-state index in [2.05, 4.69) is 20.8 Å². The fraction of sp³-hybridized carbons (Fsp3) is 0.267. The van der Waals surface area contributed by atoms with E-state index in [0.717, 1.165) is 11.1 Å². The molecule has 3 aromatic carbocycles. The molecule has 3 aromatic rings. The van der Waals surface area contributed by atoms with Gasteiger partial charge < -0.3 is 9.84 Å². The van der Waals surface area contributed by atoms with E-state index in [1.807, 2.05) is 38.1 Å². The molecule has 0 saturated carbocycles. The number of carbonyl (C=O) groups excluding carboxylic acids is 2. The third kappa shape index (κ3) is 5.11. The van der Waals surface area contributed by atoms with Gasteiger partial charge in [-0.3, -0.25) is 14.5 Å². The number of hydrogen-bond donors (Lipinski definition) is 1. The third-order valence-corrected chi connectivity index (χ3v) is 7.02. The van der Waals surface area contributed by atoms with Gasteiger partial charge >= 0.3 is 0 Å². The highest BCUT2D eigenvalue weighted by atomic mass is 35.5. The van der Waals surface area contributed by atoms with Crippen molar-refractivity contribution in [2.24, 2.45) is 0 Å². The summed E-state index contributed by atoms with van der Waals surface area (Å²) in [6.07, 6.45) is 0. The molecule has 0 aromatic heterocycles. The number of ketones is 1. The zero-order valence-corrected chi connectivity index (χ0v) is 22.9. The standard InChI is InChI=1S/C30H29Cl2NO4/c1-6-37-21-12-13-23(32)22(16-21)27(34)25-26(18-7-9-19(10-8-18)30(3,4)5)33(29(36)28(25)35)24-14-11-20(31)15-17(24)2/h7-16,26,34H,6H2,1-5H3/b27-25+. The van der Waals surface area contributed by atoms with Crippen molar-refractivity contribution in [2.45, 2.75) is 46.1 Å². The van der Waals surface area contributed by atoms with E-state index >= 15 is 0 Å². The Morgan fingerprint density at radius 3 is 2.27 bits per heavy atom. The lowest BCUT2D eigenvalue weighted by Crippen LogP contribution is -2.30. The Kier molecular flexibility index (Phi) is 7.40. The largest absolute Gasteiger partial charge is 0.507 e. The van der Waals surface area contributed by atoms with Crippen LogP contribution >= 0.6 is 23.2 Å². The molecule has 0 spiro atoms. The Morgan fingerprint density at radius 1 is 1.00 bits per heavy atom. The molecule has 0 bridgehead atoms. The molecule has 1 aliphatic heterocycles. The van der Waals surface area contributed by atoms with Gasteiger partial charge in [0.25, 0.3) is 11.7 Å². The predicted octanol–water partition coefficient (Wildman–Crippen LogP) is 7.62. The average molecular weight is 538 g/mol. The van der Waals surface area contributed by atoms with Crippen LogP contribution in [0.1, 0.15) is 56.0 Å². The van der Waals surface area contributed by atoms with Gasteiger partial charge in [-0.2, -0.15) is 0 Å². The summed E-state index contributed by atoms with van der Waals surface area (Å²) < 4.78 is 5.57. The number of benzene rings is 3. The molecule has 7 heteroatoms. The lowest BCUT2D eigenvalue weighted by Gasteiger charge is -2.28. The van der Waals surface area contributed by atoms with E-state index in [4.69, 9.17) is 27.9 Å². The Bertz CT molecular complexity index is 1400. The van der Waals surface area contributed by atoms with Crippen molar-refractivity contribution in [3.8, 4) is 5.75 Å². The number of carbonyl (C=O) groups is 2. The topological polar surface area (TPSA) is 66.8 Å². The van der Waals surface area contributed by atoms with Crippen molar-refractivity contribution >= 4 is 46.3 Å². The average Bonchev–Trinajstić information content (AvgIpc) is 3.10. The van der Waals surface area contributed by atoms with Gasteiger partial charge in [-0.05, 0) is 72.4 Å². The van der Waals surface area contributed by atoms with Crippen LogP contribution in [0, 0.1) is 6.92 Å². The minimum Gasteiger partial charge on any atom is -0.507 e. The van der Waals surface area contributed by atoms with E-state index in [0.29, 0.717) is 28.6 Å². The number of ether oxygens (including phenoxy) is 1. The van der Waals surface area contributed by atoms with Gasteiger partial charge in [-0.25, -0.2) is 0 Å². The number of halogens is 2. The number of aryl methyl sites for hydroxylation is 1. The molecule has 1 fully saturated rings. The number of amides is 1. The monoisotopic (exact) mass is 537 g/mol. The molecule has 1 heterocycles. The minimum absolute atomic E-state index is 0.0431. The van der Waals surface area contributed by atoms with Crippen LogP contribution in [-0.4, -0.2) is 23.4 Å². The number of rotatable bonds is 5. The van der Waals surface area contributed by atoms with Crippen molar-refractivity contribution in [1.82, 2.24) is 0 Å². The van der Waals surface area contributed by atoms with Crippen molar-refractivity contribution < 1.29 is 19.4 Å². The van der Waals surface area contributed by atoms with Gasteiger partial charge in [-0.1, -0.05) is 68.2 Å². The first kappa shape index (κ1) is 26.8. The van der Waals surface area contributed by atoms with Crippen LogP contribution in [0.5, 0.6) is 5.75 Å². The number of Topliss-reactive ketones (excluding diaryl/α,β-unsaturated/α-hetero) is 1. The maximum Gasteiger partial charge on any atom is 0.300 e. The molecule has 1 unspecified atom stereocenters. The number of aliphatic hydroxyl groups is 1. The molecule has 1 N–H and O–H groups in total. The van der Waals surface area contributed by atoms with Crippen LogP contribution in [-0.2, 0) is 15.0 Å². The van der Waals surface area contributed by atoms with Crippen molar-refractivity contribution in [3.63, 3.8) is 0 Å². The van der Waals surface area contributed by atoms with Gasteiger partial charge in [0.2, 0.25) is 0 Å². The van der Waals surface area contributed by atoms with Crippen LogP contribution in [0.25, 0.3) is 5.76 Å². The summed E-state index contributed by atoms with van der Waals surface area (Å²) in [6, 6.07) is 16.8. The quantitative estimate of drug-likeness (QED) is 0.206. The normalized spacial score (nSPS) is 17.4. The predicted molar refractivity (Wildman–Crippen MR) is 149 cm³/mol. The summed E-state index contributed by atoms with van der Waals surface area (Å²) in [6.45, 7) is 10.4. The number of hydrogen-bond acceptors (Lipinski definition) is 4. The molecule has 0 aliphatic carbocycles. The van der Waals surface area contributed by atoms with E-state index in [-0.39, 0.29) is 27.3 Å². The first-order valence-corrected chi connectivity index (χ1v) is 12.8. The molecule has 1 atom stereocenters. The second-order valence-electron chi connectivity index (χ2n) is 10.0. The fourth-order valence-corrected chi connectivity index (χ4v) is 4.97. The zero-order valence-electron chi connectivity index (χ0n) is 21.4. The lowest BCUT2D eigenvalue weighted by molar-refractivity contribution is -0.132. The van der Waals surface area contributed by atoms with Gasteiger partial charge in [-0.15, -0.1) is 0 Å². The number of anilines is 1. The smallest absolute Gasteiger partial charge is 0.300 e. The van der Waals surface area contributed by atoms with Gasteiger partial charge in [0.1, 0.15) is 11.5 Å². The van der Waals surface area contributed by atoms with Crippen LogP contribution < -0.4 is 9.64 Å². The van der Waals surface area contributed by atoms with Crippen LogP contribution in [0.15, 0.2) is 66.2 Å². The molecule has 0 radical (unpaired) electrons. The molecule has 1 amide bonds. The maximum atomic E-state index is 13.5. The lowest BCUT2D eigenvalue weighted by atomic mass is 9.85. The first-order chi connectivity index (χ1) is 17.4. The molecule has 4 rings (SSSR count). The second kappa shape index (κ2) is 10.2. The highest BCUT2D eigenvalue weighted by Crippen LogP contribution is 2.44. The zero-order chi connectivity index (χ0) is 27.1. The molecule has 192 valence electrons. The highest BCUT2D eigenvalue weighted by molar-refractivity contribution is 6.52. The van der Waals surface area contributed by atoms with E-state index < -0.39 is 17.7 Å². The Hall–Kier alpha value is -3.28. The molecular formula is C30H29Cl2NO4. The second-order valence-corrected chi connectivity index (χ2v) is 10.9. The fourth-order valence-electron chi connectivity index (χ4n) is 4.54. The Morgan fingerprint density at radius 2 is 1.68 bits per heavy atom. The van der Waals surface area contributed by atoms with Gasteiger partial charge in [0, 0.05) is 16.3 Å². The summed E-state index contributed by atoms with van der Waals surface area (Å²) in [5.74, 6) is -1.41. The maximum absolute atomic E-state index is 13.5. The summed E-state index contributed by atoms with van der Waals surface area (Å²) in [5, 5.41) is 12.2. The van der Waals surface area contributed by atoms with Crippen LogP contribution in [0.2, 0.25) is 10.0 Å². The number of nitrogens with zero attached hydrogens (tertiary/aromatic N) is 1. The molecule has 37 heavy (non-hydrogen) atoms. The molecule has 5 nitrogen and oxygen atoms in total. The summed E-state index contributed by atoms with van der Waals surface area (Å²) in [7, 11) is 0. The summed E-state index contributed by atoms with van der Waals surface area (Å²) >= 11 is 12.6. The summed E-state index contributed by atoms with van der Waals surface area (Å²) in [4.78, 5) is 28.4. The van der Waals surface area contributed by atoms with Crippen LogP contribution in [0.4, 0.5) is 5.69 Å². The molecule has 1 saturated heterocycles. The minimum atomic E-state index is -0.874. The molecule has 1 aliphatic rings. The molecular weight excluding hydrogens is 509 g/mol. The van der Waals surface area contributed by atoms with E-state index in [1.54, 1.807) is 36.4 Å². The third-order valence-electron chi connectivity index (χ3n) is 6.46. The van der Waals surface area contributed by atoms with Gasteiger partial charge in [0.05, 0.1) is 23.2 Å². The number of aliphatic hydroxyl groups excluding tert-OH is 1. The Labute approximate surface area is 227 Å². The van der Waals surface area contributed by atoms with Crippen molar-refractivity contribution in [2.75, 3.05) is 11.5 Å². The van der Waals surface area contributed by atoms with Crippen LogP contribution in [0.3, 0.4) is 0 Å².